The van der Waals surface area contributed by atoms with Crippen molar-refractivity contribution in [3.63, 3.8) is 0 Å². The van der Waals surface area contributed by atoms with Gasteiger partial charge in [0.15, 0.2) is 15.9 Å². The van der Waals surface area contributed by atoms with Crippen molar-refractivity contribution in [2.24, 2.45) is 0 Å². The third-order valence-electron chi connectivity index (χ3n) is 3.66. The van der Waals surface area contributed by atoms with E-state index in [1.165, 1.54) is 12.1 Å². The monoisotopic (exact) mass is 425 g/mol. The Morgan fingerprint density at radius 3 is 2.12 bits per heavy atom. The van der Waals surface area contributed by atoms with Crippen molar-refractivity contribution >= 4 is 31.7 Å². The molecule has 1 amide bonds. The van der Waals surface area contributed by atoms with Gasteiger partial charge in [-0.2, -0.15) is 0 Å². The Kier molecular flexibility index (Phi) is 6.24. The van der Waals surface area contributed by atoms with Gasteiger partial charge in [0, 0.05) is 10.7 Å². The fourth-order valence-electron chi connectivity index (χ4n) is 2.19. The molecule has 2 rings (SSSR count). The normalized spacial score (nSPS) is 13.8. The summed E-state index contributed by atoms with van der Waals surface area (Å²) in [7, 11) is -3.23. The van der Waals surface area contributed by atoms with Crippen molar-refractivity contribution in [1.82, 2.24) is 5.32 Å². The molecule has 0 aliphatic heterocycles. The highest BCUT2D eigenvalue weighted by Gasteiger charge is 2.18. The molecule has 0 unspecified atom stereocenters. The van der Waals surface area contributed by atoms with E-state index in [1.807, 2.05) is 19.1 Å². The van der Waals surface area contributed by atoms with E-state index in [2.05, 4.69) is 21.2 Å². The van der Waals surface area contributed by atoms with E-state index in [9.17, 15) is 13.2 Å². The summed E-state index contributed by atoms with van der Waals surface area (Å²) >= 11 is 3.34. The predicted molar refractivity (Wildman–Crippen MR) is 100 cm³/mol. The summed E-state index contributed by atoms with van der Waals surface area (Å²) in [5.74, 6) is 0.360. The quantitative estimate of drug-likeness (QED) is 0.768. The number of carbonyl (C=O) groups excluding carboxylic acids is 1. The van der Waals surface area contributed by atoms with Crippen LogP contribution in [0.5, 0.6) is 5.75 Å². The number of carbonyl (C=O) groups is 1. The second kappa shape index (κ2) is 8.01. The molecule has 5 nitrogen and oxygen atoms in total. The molecular formula is C18H20BrNO4S. The van der Waals surface area contributed by atoms with Crippen LogP contribution < -0.4 is 10.1 Å². The van der Waals surface area contributed by atoms with Gasteiger partial charge in [-0.1, -0.05) is 28.1 Å². The summed E-state index contributed by atoms with van der Waals surface area (Å²) < 4.78 is 29.5. The third kappa shape index (κ3) is 5.57. The molecule has 7 heteroatoms. The van der Waals surface area contributed by atoms with Crippen molar-refractivity contribution in [1.29, 1.82) is 0 Å². The minimum Gasteiger partial charge on any atom is -0.481 e. The van der Waals surface area contributed by atoms with Gasteiger partial charge in [0.2, 0.25) is 0 Å². The van der Waals surface area contributed by atoms with E-state index in [0.29, 0.717) is 5.75 Å². The highest BCUT2D eigenvalue weighted by Crippen LogP contribution is 2.19. The molecule has 0 saturated carbocycles. The van der Waals surface area contributed by atoms with Gasteiger partial charge in [-0.25, -0.2) is 8.42 Å². The molecule has 2 aromatic carbocycles. The summed E-state index contributed by atoms with van der Waals surface area (Å²) in [4.78, 5) is 12.5. The second-order valence-electron chi connectivity index (χ2n) is 5.79. The van der Waals surface area contributed by atoms with Crippen LogP contribution in [-0.2, 0) is 14.6 Å². The molecule has 1 N–H and O–H groups in total. The third-order valence-corrected chi connectivity index (χ3v) is 5.32. The summed E-state index contributed by atoms with van der Waals surface area (Å²) in [5.41, 5.74) is 0.816. The molecule has 0 bridgehead atoms. The lowest BCUT2D eigenvalue weighted by molar-refractivity contribution is -0.127. The first-order chi connectivity index (χ1) is 11.7. The molecule has 2 atom stereocenters. The van der Waals surface area contributed by atoms with Crippen molar-refractivity contribution in [3.8, 4) is 5.75 Å². The number of benzene rings is 2. The molecule has 0 fully saturated rings. The largest absolute Gasteiger partial charge is 0.481 e. The van der Waals surface area contributed by atoms with E-state index in [1.54, 1.807) is 31.2 Å². The standard InChI is InChI=1S/C18H20BrNO4S/c1-12(14-4-10-17(11-5-14)25(3,22)23)20-18(21)13(2)24-16-8-6-15(19)7-9-16/h4-13H,1-3H3,(H,20,21)/t12-,13+/m0/s1. The molecule has 134 valence electrons. The molecule has 0 saturated heterocycles. The van der Waals surface area contributed by atoms with Crippen LogP contribution in [0, 0.1) is 0 Å². The van der Waals surface area contributed by atoms with Gasteiger partial charge in [-0.05, 0) is 55.8 Å². The van der Waals surface area contributed by atoms with Crippen molar-refractivity contribution in [3.05, 3.63) is 58.6 Å². The zero-order chi connectivity index (χ0) is 18.6. The zero-order valence-electron chi connectivity index (χ0n) is 14.2. The van der Waals surface area contributed by atoms with E-state index in [4.69, 9.17) is 4.74 Å². The number of ether oxygens (including phenoxy) is 1. The van der Waals surface area contributed by atoms with Gasteiger partial charge in [0.05, 0.1) is 10.9 Å². The number of hydrogen-bond donors (Lipinski definition) is 1. The number of rotatable bonds is 6. The van der Waals surface area contributed by atoms with Crippen molar-refractivity contribution < 1.29 is 17.9 Å². The van der Waals surface area contributed by atoms with Gasteiger partial charge in [0.25, 0.3) is 5.91 Å². The van der Waals surface area contributed by atoms with Crippen molar-refractivity contribution in [2.75, 3.05) is 6.26 Å². The number of sulfone groups is 1. The summed E-state index contributed by atoms with van der Waals surface area (Å²) in [6.45, 7) is 3.51. The highest BCUT2D eigenvalue weighted by atomic mass is 79.9. The van der Waals surface area contributed by atoms with Gasteiger partial charge < -0.3 is 10.1 Å². The topological polar surface area (TPSA) is 72.5 Å². The molecule has 2 aromatic rings. The van der Waals surface area contributed by atoms with Crippen LogP contribution in [0.1, 0.15) is 25.5 Å². The average Bonchev–Trinajstić information content (AvgIpc) is 2.56. The Balaban J connectivity index is 1.97. The van der Waals surface area contributed by atoms with Crippen LogP contribution in [0.15, 0.2) is 57.9 Å². The summed E-state index contributed by atoms with van der Waals surface area (Å²) in [6.07, 6.45) is 0.507. The minimum atomic E-state index is -3.23. The van der Waals surface area contributed by atoms with E-state index in [0.717, 1.165) is 16.3 Å². The molecule has 0 heterocycles. The van der Waals surface area contributed by atoms with Gasteiger partial charge in [0.1, 0.15) is 5.75 Å². The number of amides is 1. The number of halogens is 1. The lowest BCUT2D eigenvalue weighted by atomic mass is 10.1. The van der Waals surface area contributed by atoms with Gasteiger partial charge in [-0.3, -0.25) is 4.79 Å². The first kappa shape index (κ1) is 19.5. The fourth-order valence-corrected chi connectivity index (χ4v) is 3.08. The van der Waals surface area contributed by atoms with Crippen LogP contribution in [0.3, 0.4) is 0 Å². The molecule has 0 aliphatic carbocycles. The Morgan fingerprint density at radius 1 is 1.04 bits per heavy atom. The van der Waals surface area contributed by atoms with Gasteiger partial charge >= 0.3 is 0 Å². The molecular weight excluding hydrogens is 406 g/mol. The first-order valence-corrected chi connectivity index (χ1v) is 10.4. The number of nitrogens with one attached hydrogen (secondary N) is 1. The van der Waals surface area contributed by atoms with Crippen LogP contribution in [-0.4, -0.2) is 26.7 Å². The fraction of sp³-hybridized carbons (Fsp3) is 0.278. The molecule has 0 spiro atoms. The first-order valence-electron chi connectivity index (χ1n) is 7.69. The molecule has 25 heavy (non-hydrogen) atoms. The average molecular weight is 426 g/mol. The number of hydrogen-bond acceptors (Lipinski definition) is 4. The van der Waals surface area contributed by atoms with E-state index >= 15 is 0 Å². The van der Waals surface area contributed by atoms with Crippen LogP contribution >= 0.6 is 15.9 Å². The second-order valence-corrected chi connectivity index (χ2v) is 8.72. The Bertz CT molecular complexity index is 832. The summed E-state index contributed by atoms with van der Waals surface area (Å²) in [5, 5.41) is 2.86. The lowest BCUT2D eigenvalue weighted by Gasteiger charge is -2.19. The van der Waals surface area contributed by atoms with Gasteiger partial charge in [-0.15, -0.1) is 0 Å². The van der Waals surface area contributed by atoms with E-state index < -0.39 is 15.9 Å². The Labute approximate surface area is 156 Å². The van der Waals surface area contributed by atoms with Crippen molar-refractivity contribution in [2.45, 2.75) is 30.9 Å². The highest BCUT2D eigenvalue weighted by molar-refractivity contribution is 9.10. The SMILES string of the molecule is C[C@H](NC(=O)[C@@H](C)Oc1ccc(Br)cc1)c1ccc(S(C)(=O)=O)cc1. The van der Waals surface area contributed by atoms with Crippen LogP contribution in [0.25, 0.3) is 0 Å². The maximum absolute atomic E-state index is 12.3. The summed E-state index contributed by atoms with van der Waals surface area (Å²) in [6, 6.07) is 13.4. The van der Waals surface area contributed by atoms with E-state index in [-0.39, 0.29) is 16.8 Å². The minimum absolute atomic E-state index is 0.248. The zero-order valence-corrected chi connectivity index (χ0v) is 16.6. The lowest BCUT2D eigenvalue weighted by Crippen LogP contribution is -2.37. The molecule has 0 radical (unpaired) electrons. The maximum Gasteiger partial charge on any atom is 0.261 e. The molecule has 0 aromatic heterocycles. The Hall–Kier alpha value is -1.86. The maximum atomic E-state index is 12.3. The van der Waals surface area contributed by atoms with Crippen LogP contribution in [0.4, 0.5) is 0 Å². The van der Waals surface area contributed by atoms with Crippen LogP contribution in [0.2, 0.25) is 0 Å². The molecule has 0 aliphatic rings. The predicted octanol–water partition coefficient (Wildman–Crippen LogP) is 3.50. The Morgan fingerprint density at radius 2 is 1.60 bits per heavy atom. The smallest absolute Gasteiger partial charge is 0.261 e.